The molecule has 0 aromatic heterocycles. The Morgan fingerprint density at radius 1 is 1.16 bits per heavy atom. The van der Waals surface area contributed by atoms with Gasteiger partial charge in [0.25, 0.3) is 0 Å². The van der Waals surface area contributed by atoms with Gasteiger partial charge in [-0.05, 0) is 32.0 Å². The highest BCUT2D eigenvalue weighted by Crippen LogP contribution is 2.29. The van der Waals surface area contributed by atoms with E-state index < -0.39 is 0 Å². The highest BCUT2D eigenvalue weighted by molar-refractivity contribution is 5.34. The standard InChI is InChI=1S/C16H25N3/c1-12-4-5-13(2)15(8-12)16-10-17-9-14-11-18(3)6-7-19(14)16/h4-5,8,14,16-17H,6-7,9-11H2,1-3H3. The minimum absolute atomic E-state index is 0.548. The molecular formula is C16H25N3. The Labute approximate surface area is 116 Å². The maximum atomic E-state index is 3.63. The van der Waals surface area contributed by atoms with Crippen molar-refractivity contribution in [1.29, 1.82) is 0 Å². The molecule has 104 valence electrons. The van der Waals surface area contributed by atoms with Gasteiger partial charge in [-0.25, -0.2) is 0 Å². The van der Waals surface area contributed by atoms with E-state index in [1.807, 2.05) is 0 Å². The van der Waals surface area contributed by atoms with Crippen LogP contribution in [-0.4, -0.2) is 55.6 Å². The predicted molar refractivity (Wildman–Crippen MR) is 79.5 cm³/mol. The second-order valence-corrected chi connectivity index (χ2v) is 6.19. The molecule has 1 aromatic carbocycles. The van der Waals surface area contributed by atoms with Gasteiger partial charge in [0.1, 0.15) is 0 Å². The van der Waals surface area contributed by atoms with Crippen LogP contribution >= 0.6 is 0 Å². The number of aryl methyl sites for hydroxylation is 2. The summed E-state index contributed by atoms with van der Waals surface area (Å²) in [6.45, 7) is 10.2. The summed E-state index contributed by atoms with van der Waals surface area (Å²) in [6, 6.07) is 8.08. The van der Waals surface area contributed by atoms with Crippen LogP contribution in [0.15, 0.2) is 18.2 Å². The molecule has 1 aromatic rings. The van der Waals surface area contributed by atoms with Crippen molar-refractivity contribution in [1.82, 2.24) is 15.1 Å². The van der Waals surface area contributed by atoms with Gasteiger partial charge in [0.05, 0.1) is 0 Å². The zero-order valence-electron chi connectivity index (χ0n) is 12.3. The third-order valence-electron chi connectivity index (χ3n) is 4.64. The van der Waals surface area contributed by atoms with Crippen LogP contribution in [0.4, 0.5) is 0 Å². The van der Waals surface area contributed by atoms with E-state index in [9.17, 15) is 0 Å². The lowest BCUT2D eigenvalue weighted by Crippen LogP contribution is -2.61. The highest BCUT2D eigenvalue weighted by atomic mass is 15.3. The van der Waals surface area contributed by atoms with Gasteiger partial charge in [-0.3, -0.25) is 4.90 Å². The van der Waals surface area contributed by atoms with E-state index >= 15 is 0 Å². The van der Waals surface area contributed by atoms with Crippen LogP contribution in [0.25, 0.3) is 0 Å². The molecule has 0 radical (unpaired) electrons. The molecule has 0 aliphatic carbocycles. The van der Waals surface area contributed by atoms with Crippen LogP contribution in [0.1, 0.15) is 22.7 Å². The Morgan fingerprint density at radius 2 is 2.00 bits per heavy atom. The van der Waals surface area contributed by atoms with Crippen molar-refractivity contribution >= 4 is 0 Å². The van der Waals surface area contributed by atoms with Crippen molar-refractivity contribution in [3.8, 4) is 0 Å². The first-order chi connectivity index (χ1) is 9.15. The molecule has 2 fully saturated rings. The fraction of sp³-hybridized carbons (Fsp3) is 0.625. The number of fused-ring (bicyclic) bond motifs is 1. The molecule has 2 unspecified atom stereocenters. The van der Waals surface area contributed by atoms with Gasteiger partial charge in [-0.15, -0.1) is 0 Å². The van der Waals surface area contributed by atoms with E-state index in [2.05, 4.69) is 54.2 Å². The van der Waals surface area contributed by atoms with E-state index in [0.29, 0.717) is 12.1 Å². The fourth-order valence-electron chi connectivity index (χ4n) is 3.53. The van der Waals surface area contributed by atoms with Gasteiger partial charge in [0, 0.05) is 44.8 Å². The van der Waals surface area contributed by atoms with E-state index in [1.54, 1.807) is 0 Å². The molecule has 2 aliphatic rings. The number of rotatable bonds is 1. The molecule has 0 spiro atoms. The smallest absolute Gasteiger partial charge is 0.0479 e. The van der Waals surface area contributed by atoms with Crippen LogP contribution in [0, 0.1) is 13.8 Å². The summed E-state index contributed by atoms with van der Waals surface area (Å²) in [6.07, 6.45) is 0. The van der Waals surface area contributed by atoms with Crippen LogP contribution in [0.2, 0.25) is 0 Å². The normalized spacial score (nSPS) is 29.2. The molecule has 0 amide bonds. The molecule has 2 heterocycles. The van der Waals surface area contributed by atoms with Crippen molar-refractivity contribution in [3.63, 3.8) is 0 Å². The molecule has 2 saturated heterocycles. The first kappa shape index (κ1) is 13.1. The van der Waals surface area contributed by atoms with E-state index in [-0.39, 0.29) is 0 Å². The third-order valence-corrected chi connectivity index (χ3v) is 4.64. The molecule has 2 atom stereocenters. The van der Waals surface area contributed by atoms with Crippen molar-refractivity contribution in [2.24, 2.45) is 0 Å². The first-order valence-corrected chi connectivity index (χ1v) is 7.37. The molecule has 0 saturated carbocycles. The van der Waals surface area contributed by atoms with Crippen molar-refractivity contribution in [3.05, 3.63) is 34.9 Å². The molecule has 2 aliphatic heterocycles. The number of likely N-dealkylation sites (N-methyl/N-ethyl adjacent to an activating group) is 1. The zero-order chi connectivity index (χ0) is 13.4. The summed E-state index contributed by atoms with van der Waals surface area (Å²) in [5.74, 6) is 0. The lowest BCUT2D eigenvalue weighted by atomic mass is 9.93. The van der Waals surface area contributed by atoms with Crippen LogP contribution in [0.3, 0.4) is 0 Å². The zero-order valence-corrected chi connectivity index (χ0v) is 12.3. The molecule has 0 bridgehead atoms. The SMILES string of the molecule is Cc1ccc(C)c(C2CNCC3CN(C)CCN32)c1. The summed E-state index contributed by atoms with van der Waals surface area (Å²) < 4.78 is 0. The molecular weight excluding hydrogens is 234 g/mol. The Hall–Kier alpha value is -0.900. The van der Waals surface area contributed by atoms with Crippen LogP contribution in [0.5, 0.6) is 0 Å². The first-order valence-electron chi connectivity index (χ1n) is 7.37. The minimum atomic E-state index is 0.548. The van der Waals surface area contributed by atoms with E-state index in [4.69, 9.17) is 0 Å². The van der Waals surface area contributed by atoms with Gasteiger partial charge in [0.2, 0.25) is 0 Å². The summed E-state index contributed by atoms with van der Waals surface area (Å²) >= 11 is 0. The largest absolute Gasteiger partial charge is 0.313 e. The van der Waals surface area contributed by atoms with Gasteiger partial charge in [-0.1, -0.05) is 23.8 Å². The van der Waals surface area contributed by atoms with E-state index in [1.165, 1.54) is 36.3 Å². The Kier molecular flexibility index (Phi) is 3.61. The molecule has 3 nitrogen and oxygen atoms in total. The van der Waals surface area contributed by atoms with E-state index in [0.717, 1.165) is 13.1 Å². The average Bonchev–Trinajstić information content (AvgIpc) is 2.40. The minimum Gasteiger partial charge on any atom is -0.313 e. The number of hydrogen-bond donors (Lipinski definition) is 1. The average molecular weight is 259 g/mol. The second-order valence-electron chi connectivity index (χ2n) is 6.19. The number of nitrogens with zero attached hydrogens (tertiary/aromatic N) is 2. The van der Waals surface area contributed by atoms with Gasteiger partial charge >= 0.3 is 0 Å². The lowest BCUT2D eigenvalue weighted by Gasteiger charge is -2.48. The Balaban J connectivity index is 1.89. The molecule has 1 N–H and O–H groups in total. The van der Waals surface area contributed by atoms with Gasteiger partial charge in [-0.2, -0.15) is 0 Å². The second kappa shape index (κ2) is 5.23. The third kappa shape index (κ3) is 2.55. The van der Waals surface area contributed by atoms with Crippen LogP contribution < -0.4 is 5.32 Å². The predicted octanol–water partition coefficient (Wildman–Crippen LogP) is 1.56. The molecule has 19 heavy (non-hydrogen) atoms. The Morgan fingerprint density at radius 3 is 2.84 bits per heavy atom. The van der Waals surface area contributed by atoms with Crippen LogP contribution in [-0.2, 0) is 0 Å². The summed E-state index contributed by atoms with van der Waals surface area (Å²) in [5.41, 5.74) is 4.32. The van der Waals surface area contributed by atoms with Gasteiger partial charge in [0.15, 0.2) is 0 Å². The highest BCUT2D eigenvalue weighted by Gasteiger charge is 2.35. The van der Waals surface area contributed by atoms with Gasteiger partial charge < -0.3 is 10.2 Å². The summed E-state index contributed by atoms with van der Waals surface area (Å²) in [7, 11) is 2.23. The van der Waals surface area contributed by atoms with Crippen molar-refractivity contribution in [2.45, 2.75) is 25.9 Å². The maximum Gasteiger partial charge on any atom is 0.0479 e. The summed E-state index contributed by atoms with van der Waals surface area (Å²) in [5, 5.41) is 3.63. The van der Waals surface area contributed by atoms with Crippen molar-refractivity contribution < 1.29 is 0 Å². The lowest BCUT2D eigenvalue weighted by molar-refractivity contribution is 0.0287. The number of nitrogens with one attached hydrogen (secondary N) is 1. The number of hydrogen-bond acceptors (Lipinski definition) is 3. The molecule has 3 heteroatoms. The quantitative estimate of drug-likeness (QED) is 0.826. The topological polar surface area (TPSA) is 18.5 Å². The molecule has 3 rings (SSSR count). The number of benzene rings is 1. The van der Waals surface area contributed by atoms with Crippen molar-refractivity contribution in [2.75, 3.05) is 39.8 Å². The fourth-order valence-corrected chi connectivity index (χ4v) is 3.53. The number of piperazine rings is 2. The summed E-state index contributed by atoms with van der Waals surface area (Å²) in [4.78, 5) is 5.17. The maximum absolute atomic E-state index is 3.63. The Bertz CT molecular complexity index is 457. The monoisotopic (exact) mass is 259 g/mol.